The molecule has 27 heavy (non-hydrogen) atoms. The van der Waals surface area contributed by atoms with Gasteiger partial charge in [-0.25, -0.2) is 4.98 Å². The predicted molar refractivity (Wildman–Crippen MR) is 104 cm³/mol. The summed E-state index contributed by atoms with van der Waals surface area (Å²) in [6, 6.07) is 11.1. The molecule has 0 fully saturated rings. The van der Waals surface area contributed by atoms with Crippen LogP contribution in [0.25, 0.3) is 0 Å². The maximum Gasteiger partial charge on any atom is 0.256 e. The van der Waals surface area contributed by atoms with E-state index in [2.05, 4.69) is 27.8 Å². The summed E-state index contributed by atoms with van der Waals surface area (Å²) < 4.78 is 0. The number of carbonyl (C=O) groups excluding carboxylic acids is 2. The molecule has 1 aliphatic carbocycles. The molecule has 4 rings (SSSR count). The van der Waals surface area contributed by atoms with Gasteiger partial charge in [-0.15, -0.1) is 0 Å². The Hall–Kier alpha value is -3.15. The van der Waals surface area contributed by atoms with Crippen molar-refractivity contribution in [2.24, 2.45) is 5.92 Å². The fraction of sp³-hybridized carbons (Fsp3) is 0.286. The van der Waals surface area contributed by atoms with Crippen LogP contribution >= 0.6 is 0 Å². The van der Waals surface area contributed by atoms with E-state index in [1.165, 1.54) is 0 Å². The third-order valence-electron chi connectivity index (χ3n) is 5.15. The largest absolute Gasteiger partial charge is 0.335 e. The van der Waals surface area contributed by atoms with Crippen molar-refractivity contribution in [1.82, 2.24) is 10.3 Å². The quantitative estimate of drug-likeness (QED) is 0.822. The van der Waals surface area contributed by atoms with Gasteiger partial charge in [-0.2, -0.15) is 0 Å². The van der Waals surface area contributed by atoms with Crippen LogP contribution in [0.5, 0.6) is 0 Å². The number of nitrogens with one attached hydrogen (secondary N) is 2. The molecule has 2 aliphatic rings. The van der Waals surface area contributed by atoms with Crippen LogP contribution in [0.1, 0.15) is 41.3 Å². The maximum absolute atomic E-state index is 12.4. The molecule has 6 nitrogen and oxygen atoms in total. The lowest BCUT2D eigenvalue weighted by molar-refractivity contribution is -0.120. The van der Waals surface area contributed by atoms with Gasteiger partial charge in [-0.05, 0) is 49.1 Å². The Morgan fingerprint density at radius 2 is 2.04 bits per heavy atom. The highest BCUT2D eigenvalue weighted by Crippen LogP contribution is 2.30. The van der Waals surface area contributed by atoms with E-state index in [-0.39, 0.29) is 23.9 Å². The molecule has 1 aromatic carbocycles. The van der Waals surface area contributed by atoms with E-state index in [1.54, 1.807) is 18.3 Å². The van der Waals surface area contributed by atoms with Gasteiger partial charge in [0, 0.05) is 24.8 Å². The number of nitrogens with zero attached hydrogens (tertiary/aromatic N) is 2. The number of fused-ring (bicyclic) bond motifs is 1. The summed E-state index contributed by atoms with van der Waals surface area (Å²) in [7, 11) is 1.90. The first-order valence-corrected chi connectivity index (χ1v) is 9.18. The molecule has 2 atom stereocenters. The van der Waals surface area contributed by atoms with Crippen molar-refractivity contribution < 1.29 is 9.59 Å². The molecule has 0 bridgehead atoms. The third kappa shape index (κ3) is 3.43. The van der Waals surface area contributed by atoms with Crippen LogP contribution in [-0.2, 0) is 4.79 Å². The molecular weight excluding hydrogens is 340 g/mol. The molecule has 0 saturated heterocycles. The van der Waals surface area contributed by atoms with Gasteiger partial charge in [0.15, 0.2) is 0 Å². The first-order chi connectivity index (χ1) is 13.1. The average molecular weight is 362 g/mol. The minimum absolute atomic E-state index is 0.0426. The van der Waals surface area contributed by atoms with Crippen molar-refractivity contribution in [3.05, 3.63) is 65.9 Å². The molecule has 1 aromatic heterocycles. The summed E-state index contributed by atoms with van der Waals surface area (Å²) >= 11 is 0. The van der Waals surface area contributed by atoms with Crippen LogP contribution in [0, 0.1) is 5.92 Å². The number of hydrogen-bond donors (Lipinski definition) is 2. The van der Waals surface area contributed by atoms with Crippen LogP contribution in [-0.4, -0.2) is 23.8 Å². The Bertz CT molecular complexity index is 891. The third-order valence-corrected chi connectivity index (χ3v) is 5.15. The smallest absolute Gasteiger partial charge is 0.256 e. The number of hydrogen-bond acceptors (Lipinski definition) is 4. The monoisotopic (exact) mass is 362 g/mol. The minimum atomic E-state index is -0.298. The summed E-state index contributed by atoms with van der Waals surface area (Å²) in [6.45, 7) is 0. The van der Waals surface area contributed by atoms with Gasteiger partial charge >= 0.3 is 0 Å². The van der Waals surface area contributed by atoms with Gasteiger partial charge in [-0.3, -0.25) is 9.59 Å². The van der Waals surface area contributed by atoms with Crippen molar-refractivity contribution in [2.75, 3.05) is 17.3 Å². The number of amides is 2. The standard InChI is InChI=1S/C21H22N4O2/c1-25-18(24-21(27)17-8-5-13-22-19(17)25)14-9-11-16(12-10-14)23-20(26)15-6-3-2-4-7-15/h2-3,5,8-13,15,18H,4,6-7H2,1H3,(H,23,26)(H,24,27)/t15-,18-/m1/s1. The number of benzene rings is 1. The van der Waals surface area contributed by atoms with Crippen LogP contribution in [0.15, 0.2) is 54.7 Å². The zero-order valence-corrected chi connectivity index (χ0v) is 15.2. The lowest BCUT2D eigenvalue weighted by Crippen LogP contribution is -2.45. The van der Waals surface area contributed by atoms with Gasteiger partial charge in [-0.1, -0.05) is 24.3 Å². The molecule has 138 valence electrons. The Kier molecular flexibility index (Phi) is 4.62. The fourth-order valence-electron chi connectivity index (χ4n) is 3.61. The van der Waals surface area contributed by atoms with Gasteiger partial charge in [0.25, 0.3) is 5.91 Å². The number of aromatic nitrogens is 1. The van der Waals surface area contributed by atoms with Crippen molar-refractivity contribution in [1.29, 1.82) is 0 Å². The minimum Gasteiger partial charge on any atom is -0.335 e. The van der Waals surface area contributed by atoms with E-state index < -0.39 is 0 Å². The second kappa shape index (κ2) is 7.23. The first kappa shape index (κ1) is 17.3. The number of allylic oxidation sites excluding steroid dienone is 2. The van der Waals surface area contributed by atoms with E-state index in [1.807, 2.05) is 36.2 Å². The summed E-state index contributed by atoms with van der Waals surface area (Å²) in [4.78, 5) is 31.0. The SMILES string of the molecule is CN1c2ncccc2C(=O)N[C@H]1c1ccc(NC(=O)[C@@H]2CC=CCC2)cc1. The molecule has 2 amide bonds. The van der Waals surface area contributed by atoms with Crippen LogP contribution in [0.3, 0.4) is 0 Å². The predicted octanol–water partition coefficient (Wildman–Crippen LogP) is 3.25. The summed E-state index contributed by atoms with van der Waals surface area (Å²) in [6.07, 6.45) is 8.24. The molecular formula is C21H22N4O2. The molecule has 2 heterocycles. The van der Waals surface area contributed by atoms with Gasteiger partial charge < -0.3 is 15.5 Å². The molecule has 2 aromatic rings. The summed E-state index contributed by atoms with van der Waals surface area (Å²) in [5.74, 6) is 0.632. The van der Waals surface area contributed by atoms with E-state index in [0.717, 1.165) is 30.5 Å². The van der Waals surface area contributed by atoms with Gasteiger partial charge in [0.2, 0.25) is 5.91 Å². The van der Waals surface area contributed by atoms with Gasteiger partial charge in [0.05, 0.1) is 5.56 Å². The molecule has 6 heteroatoms. The molecule has 2 N–H and O–H groups in total. The highest BCUT2D eigenvalue weighted by Gasteiger charge is 2.30. The van der Waals surface area contributed by atoms with E-state index in [0.29, 0.717) is 11.4 Å². The molecule has 1 aliphatic heterocycles. The Labute approximate surface area is 158 Å². The number of carbonyl (C=O) groups is 2. The van der Waals surface area contributed by atoms with E-state index >= 15 is 0 Å². The molecule has 0 spiro atoms. The fourth-order valence-corrected chi connectivity index (χ4v) is 3.61. The Morgan fingerprint density at radius 1 is 1.22 bits per heavy atom. The molecule has 0 unspecified atom stereocenters. The number of rotatable bonds is 3. The normalized spacial score (nSPS) is 21.4. The number of pyridine rings is 1. The van der Waals surface area contributed by atoms with Crippen LogP contribution < -0.4 is 15.5 Å². The zero-order chi connectivity index (χ0) is 18.8. The summed E-state index contributed by atoms with van der Waals surface area (Å²) in [5, 5.41) is 5.99. The lowest BCUT2D eigenvalue weighted by Gasteiger charge is -2.35. The first-order valence-electron chi connectivity index (χ1n) is 9.18. The number of anilines is 2. The summed E-state index contributed by atoms with van der Waals surface area (Å²) in [5.41, 5.74) is 2.27. The van der Waals surface area contributed by atoms with Crippen molar-refractivity contribution >= 4 is 23.3 Å². The second-order valence-electron chi connectivity index (χ2n) is 6.95. The van der Waals surface area contributed by atoms with Crippen molar-refractivity contribution in [2.45, 2.75) is 25.4 Å². The van der Waals surface area contributed by atoms with Crippen LogP contribution in [0.4, 0.5) is 11.5 Å². The molecule has 0 saturated carbocycles. The van der Waals surface area contributed by atoms with Crippen molar-refractivity contribution in [3.8, 4) is 0 Å². The van der Waals surface area contributed by atoms with Gasteiger partial charge in [0.1, 0.15) is 12.0 Å². The highest BCUT2D eigenvalue weighted by molar-refractivity contribution is 6.01. The maximum atomic E-state index is 12.4. The molecule has 0 radical (unpaired) electrons. The lowest BCUT2D eigenvalue weighted by atomic mass is 9.93. The topological polar surface area (TPSA) is 74.3 Å². The van der Waals surface area contributed by atoms with E-state index in [4.69, 9.17) is 0 Å². The average Bonchev–Trinajstić information content (AvgIpc) is 2.72. The Balaban J connectivity index is 1.48. The highest BCUT2D eigenvalue weighted by atomic mass is 16.2. The van der Waals surface area contributed by atoms with Crippen molar-refractivity contribution in [3.63, 3.8) is 0 Å². The van der Waals surface area contributed by atoms with E-state index in [9.17, 15) is 9.59 Å². The second-order valence-corrected chi connectivity index (χ2v) is 6.95. The Morgan fingerprint density at radius 3 is 2.78 bits per heavy atom. The van der Waals surface area contributed by atoms with Crippen LogP contribution in [0.2, 0.25) is 0 Å². The zero-order valence-electron chi connectivity index (χ0n) is 15.2.